The molecule has 1 heterocycles. The Morgan fingerprint density at radius 1 is 1.35 bits per heavy atom. The number of furan rings is 1. The molecule has 0 fully saturated rings. The van der Waals surface area contributed by atoms with Gasteiger partial charge in [-0.3, -0.25) is 4.79 Å². The summed E-state index contributed by atoms with van der Waals surface area (Å²) in [7, 11) is 3.96. The number of hydrogen-bond donors (Lipinski definition) is 0. The van der Waals surface area contributed by atoms with Crippen molar-refractivity contribution in [2.75, 3.05) is 20.8 Å². The molecule has 0 bridgehead atoms. The highest BCUT2D eigenvalue weighted by molar-refractivity contribution is 14.2. The highest BCUT2D eigenvalue weighted by atomic mass is 127. The Balaban J connectivity index is 0.00000172. The summed E-state index contributed by atoms with van der Waals surface area (Å²) in [6.45, 7) is 4.50. The predicted molar refractivity (Wildman–Crippen MR) is 85.4 cm³/mol. The SMILES string of the molecule is CC.COC(=O)CN(Cc1ccoc1C(=O)OC)SI. The van der Waals surface area contributed by atoms with Gasteiger partial charge in [0.25, 0.3) is 0 Å². The molecular weight excluding hydrogens is 397 g/mol. The molecule has 1 rings (SSSR count). The molecule has 0 unspecified atom stereocenters. The third-order valence-electron chi connectivity index (χ3n) is 2.09. The topological polar surface area (TPSA) is 69.0 Å². The molecule has 0 aliphatic heterocycles. The molecule has 114 valence electrons. The van der Waals surface area contributed by atoms with E-state index in [2.05, 4.69) is 30.7 Å². The largest absolute Gasteiger partial charge is 0.468 e. The maximum Gasteiger partial charge on any atom is 0.374 e. The van der Waals surface area contributed by atoms with Crippen LogP contribution in [0.3, 0.4) is 0 Å². The summed E-state index contributed by atoms with van der Waals surface area (Å²) in [4.78, 5) is 22.6. The first-order chi connectivity index (χ1) is 9.62. The fourth-order valence-corrected chi connectivity index (χ4v) is 2.41. The van der Waals surface area contributed by atoms with Crippen molar-refractivity contribution in [2.45, 2.75) is 20.4 Å². The molecule has 1 aromatic rings. The van der Waals surface area contributed by atoms with Gasteiger partial charge in [-0.2, -0.15) is 0 Å². The molecule has 0 N–H and O–H groups in total. The number of ether oxygens (including phenoxy) is 2. The van der Waals surface area contributed by atoms with E-state index in [0.29, 0.717) is 12.1 Å². The van der Waals surface area contributed by atoms with Crippen LogP contribution >= 0.6 is 30.3 Å². The molecule has 0 aliphatic carbocycles. The fourth-order valence-electron chi connectivity index (χ4n) is 1.24. The molecule has 1 aromatic heterocycles. The van der Waals surface area contributed by atoms with Crippen molar-refractivity contribution in [3.8, 4) is 0 Å². The second kappa shape index (κ2) is 11.0. The Morgan fingerprint density at radius 3 is 2.50 bits per heavy atom. The van der Waals surface area contributed by atoms with Gasteiger partial charge in [-0.25, -0.2) is 9.10 Å². The van der Waals surface area contributed by atoms with Crippen LogP contribution in [-0.4, -0.2) is 37.0 Å². The fraction of sp³-hybridized carbons (Fsp3) is 0.500. The third-order valence-corrected chi connectivity index (χ3v) is 4.22. The van der Waals surface area contributed by atoms with E-state index in [1.807, 2.05) is 13.8 Å². The standard InChI is InChI=1S/C10H12INO5S.C2H6/c1-15-8(13)6-12(18-11)5-7-3-4-17-9(7)10(14)16-2;1-2/h3-4H,5-6H2,1-2H3;1-2H3. The molecule has 6 nitrogen and oxygen atoms in total. The van der Waals surface area contributed by atoms with Crippen LogP contribution in [0.2, 0.25) is 0 Å². The smallest absolute Gasteiger partial charge is 0.374 e. The summed E-state index contributed by atoms with van der Waals surface area (Å²) in [6.07, 6.45) is 1.41. The lowest BCUT2D eigenvalue weighted by atomic mass is 10.2. The highest BCUT2D eigenvalue weighted by Crippen LogP contribution is 2.23. The molecule has 0 atom stereocenters. The highest BCUT2D eigenvalue weighted by Gasteiger charge is 2.19. The molecule has 20 heavy (non-hydrogen) atoms. The Labute approximate surface area is 134 Å². The summed E-state index contributed by atoms with van der Waals surface area (Å²) in [6, 6.07) is 1.67. The minimum atomic E-state index is -0.536. The predicted octanol–water partition coefficient (Wildman–Crippen LogP) is 3.07. The first-order valence-electron chi connectivity index (χ1n) is 5.87. The van der Waals surface area contributed by atoms with Gasteiger partial charge < -0.3 is 13.9 Å². The van der Waals surface area contributed by atoms with Crippen molar-refractivity contribution in [3.05, 3.63) is 23.7 Å². The Morgan fingerprint density at radius 2 is 2.00 bits per heavy atom. The van der Waals surface area contributed by atoms with E-state index in [-0.39, 0.29) is 18.3 Å². The van der Waals surface area contributed by atoms with Crippen molar-refractivity contribution in [1.29, 1.82) is 0 Å². The van der Waals surface area contributed by atoms with Crippen LogP contribution in [0.5, 0.6) is 0 Å². The second-order valence-electron chi connectivity index (χ2n) is 3.21. The number of methoxy groups -OCH3 is 2. The van der Waals surface area contributed by atoms with Crippen molar-refractivity contribution in [1.82, 2.24) is 4.31 Å². The number of esters is 2. The van der Waals surface area contributed by atoms with Crippen LogP contribution < -0.4 is 0 Å². The monoisotopic (exact) mass is 415 g/mol. The Hall–Kier alpha value is -0.740. The summed E-state index contributed by atoms with van der Waals surface area (Å²) >= 11 is 2.05. The average molecular weight is 415 g/mol. The van der Waals surface area contributed by atoms with E-state index < -0.39 is 5.97 Å². The summed E-state index contributed by atoms with van der Waals surface area (Å²) in [5.74, 6) is -0.730. The van der Waals surface area contributed by atoms with Crippen molar-refractivity contribution in [3.63, 3.8) is 0 Å². The molecule has 0 radical (unpaired) electrons. The lowest BCUT2D eigenvalue weighted by Crippen LogP contribution is -2.23. The van der Waals surface area contributed by atoms with Crippen molar-refractivity contribution >= 4 is 42.3 Å². The van der Waals surface area contributed by atoms with E-state index in [0.717, 1.165) is 0 Å². The lowest BCUT2D eigenvalue weighted by molar-refractivity contribution is -0.140. The molecule has 8 heteroatoms. The van der Waals surface area contributed by atoms with E-state index in [1.54, 1.807) is 10.4 Å². The molecule has 0 saturated carbocycles. The minimum absolute atomic E-state index is 0.121. The van der Waals surface area contributed by atoms with E-state index >= 15 is 0 Å². The van der Waals surface area contributed by atoms with Gasteiger partial charge in [-0.1, -0.05) is 13.8 Å². The van der Waals surface area contributed by atoms with Gasteiger partial charge in [0.1, 0.15) is 6.54 Å². The normalized spacial score (nSPS) is 9.70. The molecule has 0 saturated heterocycles. The van der Waals surface area contributed by atoms with Crippen LogP contribution in [0.15, 0.2) is 16.7 Å². The van der Waals surface area contributed by atoms with Crippen LogP contribution in [-0.2, 0) is 20.8 Å². The summed E-state index contributed by atoms with van der Waals surface area (Å²) in [5, 5.41) is 0. The molecule has 0 aromatic carbocycles. The van der Waals surface area contributed by atoms with E-state index in [4.69, 9.17) is 4.42 Å². The first kappa shape index (κ1) is 19.3. The molecule has 0 amide bonds. The van der Waals surface area contributed by atoms with Gasteiger partial charge in [0.05, 0.1) is 20.5 Å². The van der Waals surface area contributed by atoms with Crippen molar-refractivity contribution in [2.24, 2.45) is 0 Å². The summed E-state index contributed by atoms with van der Waals surface area (Å²) < 4.78 is 16.0. The van der Waals surface area contributed by atoms with E-state index in [9.17, 15) is 9.59 Å². The lowest BCUT2D eigenvalue weighted by Gasteiger charge is -2.15. The Kier molecular flexibility index (Phi) is 10.6. The minimum Gasteiger partial charge on any atom is -0.468 e. The van der Waals surface area contributed by atoms with Gasteiger partial charge in [0.2, 0.25) is 5.76 Å². The zero-order valence-electron chi connectivity index (χ0n) is 11.8. The van der Waals surface area contributed by atoms with Crippen LogP contribution in [0.1, 0.15) is 30.0 Å². The van der Waals surface area contributed by atoms with Crippen LogP contribution in [0, 0.1) is 0 Å². The van der Waals surface area contributed by atoms with Crippen molar-refractivity contribution < 1.29 is 23.5 Å². The van der Waals surface area contributed by atoms with Gasteiger partial charge in [0, 0.05) is 33.3 Å². The third kappa shape index (κ3) is 6.14. The van der Waals surface area contributed by atoms with E-state index in [1.165, 1.54) is 29.6 Å². The molecule has 0 aliphatic rings. The van der Waals surface area contributed by atoms with Crippen LogP contribution in [0.4, 0.5) is 0 Å². The van der Waals surface area contributed by atoms with Gasteiger partial charge in [-0.05, 0) is 15.2 Å². The number of carbonyl (C=O) groups is 2. The maximum atomic E-state index is 11.4. The number of hydrogen-bond acceptors (Lipinski definition) is 7. The number of carbonyl (C=O) groups excluding carboxylic acids is 2. The van der Waals surface area contributed by atoms with Gasteiger partial charge in [-0.15, -0.1) is 0 Å². The maximum absolute atomic E-state index is 11.4. The molecule has 0 spiro atoms. The second-order valence-corrected chi connectivity index (χ2v) is 5.05. The zero-order chi connectivity index (χ0) is 15.5. The number of halogens is 1. The summed E-state index contributed by atoms with van der Waals surface area (Å²) in [5.41, 5.74) is 0.662. The number of rotatable bonds is 6. The quantitative estimate of drug-likeness (QED) is 0.402. The van der Waals surface area contributed by atoms with Gasteiger partial charge >= 0.3 is 11.9 Å². The van der Waals surface area contributed by atoms with Crippen LogP contribution in [0.25, 0.3) is 0 Å². The zero-order valence-corrected chi connectivity index (χ0v) is 14.8. The average Bonchev–Trinajstić information content (AvgIpc) is 2.95. The van der Waals surface area contributed by atoms with Gasteiger partial charge in [0.15, 0.2) is 0 Å². The first-order valence-corrected chi connectivity index (χ1v) is 9.19. The number of nitrogens with zero attached hydrogens (tertiary/aromatic N) is 1. The molecular formula is C12H18INO5S. The Bertz CT molecular complexity index is 424.